The van der Waals surface area contributed by atoms with Crippen molar-refractivity contribution in [3.8, 4) is 11.5 Å². The van der Waals surface area contributed by atoms with E-state index in [0.29, 0.717) is 22.6 Å². The Labute approximate surface area is 173 Å². The summed E-state index contributed by atoms with van der Waals surface area (Å²) in [7, 11) is 0. The summed E-state index contributed by atoms with van der Waals surface area (Å²) in [5.74, 6) is 1.83. The standard InChI is InChI=1S/C21H21N3O4S/c1-14(2)24(15-8-4-3-5-9-15)19(25)13-29-21-23-22-20(28-21)18-12-26-16-10-6-7-11-17(16)27-18/h3-11,14,18H,12-13H2,1-2H3/t18-/m0/s1. The van der Waals surface area contributed by atoms with E-state index in [2.05, 4.69) is 10.2 Å². The number of ether oxygens (including phenoxy) is 2. The van der Waals surface area contributed by atoms with Crippen molar-refractivity contribution < 1.29 is 18.7 Å². The fraction of sp³-hybridized carbons (Fsp3) is 0.286. The second-order valence-electron chi connectivity index (χ2n) is 6.75. The van der Waals surface area contributed by atoms with Gasteiger partial charge in [0.05, 0.1) is 5.75 Å². The lowest BCUT2D eigenvalue weighted by molar-refractivity contribution is -0.116. The summed E-state index contributed by atoms with van der Waals surface area (Å²) >= 11 is 1.21. The van der Waals surface area contributed by atoms with Crippen LogP contribution in [0.5, 0.6) is 11.5 Å². The van der Waals surface area contributed by atoms with E-state index < -0.39 is 6.10 Å². The first-order valence-electron chi connectivity index (χ1n) is 9.33. The largest absolute Gasteiger partial charge is 0.485 e. The molecule has 2 aromatic carbocycles. The van der Waals surface area contributed by atoms with Gasteiger partial charge in [-0.25, -0.2) is 0 Å². The average molecular weight is 411 g/mol. The fourth-order valence-corrected chi connectivity index (χ4v) is 3.69. The molecule has 0 radical (unpaired) electrons. The van der Waals surface area contributed by atoms with Crippen LogP contribution in [0.2, 0.25) is 0 Å². The molecule has 0 N–H and O–H groups in total. The molecule has 1 aliphatic rings. The number of carbonyl (C=O) groups is 1. The normalized spacial score (nSPS) is 15.3. The fourth-order valence-electron chi connectivity index (χ4n) is 3.06. The summed E-state index contributed by atoms with van der Waals surface area (Å²) < 4.78 is 17.3. The van der Waals surface area contributed by atoms with Crippen LogP contribution in [0.25, 0.3) is 0 Å². The Balaban J connectivity index is 1.39. The summed E-state index contributed by atoms with van der Waals surface area (Å²) in [6.07, 6.45) is -0.473. The van der Waals surface area contributed by atoms with Gasteiger partial charge in [0.25, 0.3) is 11.1 Å². The summed E-state index contributed by atoms with van der Waals surface area (Å²) in [4.78, 5) is 14.5. The maximum Gasteiger partial charge on any atom is 0.277 e. The molecular formula is C21H21N3O4S. The van der Waals surface area contributed by atoms with Crippen LogP contribution in [0.3, 0.4) is 0 Å². The van der Waals surface area contributed by atoms with Crippen molar-refractivity contribution in [1.29, 1.82) is 0 Å². The Morgan fingerprint density at radius 1 is 1.10 bits per heavy atom. The van der Waals surface area contributed by atoms with Gasteiger partial charge >= 0.3 is 0 Å². The third kappa shape index (κ3) is 4.37. The van der Waals surface area contributed by atoms with Gasteiger partial charge in [0.2, 0.25) is 12.0 Å². The van der Waals surface area contributed by atoms with Crippen molar-refractivity contribution in [2.75, 3.05) is 17.3 Å². The van der Waals surface area contributed by atoms with E-state index in [4.69, 9.17) is 13.9 Å². The Bertz CT molecular complexity index is 977. The Morgan fingerprint density at radius 3 is 2.59 bits per heavy atom. The zero-order valence-electron chi connectivity index (χ0n) is 16.1. The highest BCUT2D eigenvalue weighted by Gasteiger charge is 2.28. The van der Waals surface area contributed by atoms with Crippen molar-refractivity contribution >= 4 is 23.4 Å². The highest BCUT2D eigenvalue weighted by atomic mass is 32.2. The summed E-state index contributed by atoms with van der Waals surface area (Å²) in [5, 5.41) is 8.42. The number of fused-ring (bicyclic) bond motifs is 1. The predicted octanol–water partition coefficient (Wildman–Crippen LogP) is 4.12. The van der Waals surface area contributed by atoms with Gasteiger partial charge in [-0.15, -0.1) is 10.2 Å². The van der Waals surface area contributed by atoms with Crippen LogP contribution in [0.15, 0.2) is 64.2 Å². The number of hydrogen-bond acceptors (Lipinski definition) is 7. The number of aromatic nitrogens is 2. The molecule has 0 bridgehead atoms. The van der Waals surface area contributed by atoms with Crippen LogP contribution in [0.1, 0.15) is 25.8 Å². The first-order chi connectivity index (χ1) is 14.1. The number of para-hydroxylation sites is 3. The van der Waals surface area contributed by atoms with E-state index >= 15 is 0 Å². The lowest BCUT2D eigenvalue weighted by Gasteiger charge is -2.26. The Hall–Kier alpha value is -3.00. The van der Waals surface area contributed by atoms with Crippen molar-refractivity contribution in [1.82, 2.24) is 10.2 Å². The third-order valence-corrected chi connectivity index (χ3v) is 5.15. The molecule has 8 heteroatoms. The van der Waals surface area contributed by atoms with E-state index in [1.165, 1.54) is 11.8 Å². The Morgan fingerprint density at radius 2 is 1.83 bits per heavy atom. The van der Waals surface area contributed by atoms with Gasteiger partial charge < -0.3 is 18.8 Å². The van der Waals surface area contributed by atoms with Gasteiger partial charge in [0, 0.05) is 11.7 Å². The topological polar surface area (TPSA) is 77.7 Å². The molecule has 1 atom stereocenters. The van der Waals surface area contributed by atoms with E-state index in [9.17, 15) is 4.79 Å². The van der Waals surface area contributed by atoms with Crippen molar-refractivity contribution in [2.24, 2.45) is 0 Å². The number of benzene rings is 2. The van der Waals surface area contributed by atoms with Crippen LogP contribution in [-0.4, -0.2) is 34.5 Å². The first-order valence-corrected chi connectivity index (χ1v) is 10.3. The molecule has 0 aliphatic carbocycles. The lowest BCUT2D eigenvalue weighted by atomic mass is 10.2. The molecule has 0 saturated carbocycles. The Kier molecular flexibility index (Phi) is 5.71. The molecule has 1 aromatic heterocycles. The molecule has 2 heterocycles. The lowest BCUT2D eigenvalue weighted by Crippen LogP contribution is -2.38. The molecule has 150 valence electrons. The number of rotatable bonds is 6. The van der Waals surface area contributed by atoms with E-state index in [-0.39, 0.29) is 24.3 Å². The molecule has 29 heavy (non-hydrogen) atoms. The number of nitrogens with zero attached hydrogens (tertiary/aromatic N) is 3. The molecule has 1 aliphatic heterocycles. The molecule has 3 aromatic rings. The SMILES string of the molecule is CC(C)N(C(=O)CSc1nnc([C@@H]2COc3ccccc3O2)o1)c1ccccc1. The molecule has 0 spiro atoms. The maximum atomic E-state index is 12.8. The van der Waals surface area contributed by atoms with Crippen molar-refractivity contribution in [2.45, 2.75) is 31.2 Å². The first kappa shape index (κ1) is 19.3. The number of anilines is 1. The highest BCUT2D eigenvalue weighted by Crippen LogP contribution is 2.36. The van der Waals surface area contributed by atoms with Gasteiger partial charge in [-0.05, 0) is 38.1 Å². The van der Waals surface area contributed by atoms with Crippen molar-refractivity contribution in [3.63, 3.8) is 0 Å². The molecule has 7 nitrogen and oxygen atoms in total. The maximum absolute atomic E-state index is 12.8. The van der Waals surface area contributed by atoms with Crippen molar-refractivity contribution in [3.05, 3.63) is 60.5 Å². The van der Waals surface area contributed by atoms with Gasteiger partial charge in [0.1, 0.15) is 6.61 Å². The van der Waals surface area contributed by atoms with E-state index in [1.54, 1.807) is 4.90 Å². The second kappa shape index (κ2) is 8.57. The van der Waals surface area contributed by atoms with E-state index in [0.717, 1.165) is 5.69 Å². The molecule has 4 rings (SSSR count). The summed E-state index contributed by atoms with van der Waals surface area (Å²) in [5.41, 5.74) is 0.866. The smallest absolute Gasteiger partial charge is 0.277 e. The zero-order valence-corrected chi connectivity index (χ0v) is 17.0. The quantitative estimate of drug-likeness (QED) is 0.565. The van der Waals surface area contributed by atoms with Crippen LogP contribution < -0.4 is 14.4 Å². The number of carbonyl (C=O) groups excluding carboxylic acids is 1. The minimum Gasteiger partial charge on any atom is -0.485 e. The van der Waals surface area contributed by atoms with Gasteiger partial charge in [0.15, 0.2) is 11.5 Å². The monoisotopic (exact) mass is 411 g/mol. The minimum atomic E-state index is -0.473. The summed E-state index contributed by atoms with van der Waals surface area (Å²) in [6.45, 7) is 4.26. The van der Waals surface area contributed by atoms with Gasteiger partial charge in [-0.2, -0.15) is 0 Å². The molecule has 0 unspecified atom stereocenters. The molecule has 0 saturated heterocycles. The van der Waals surface area contributed by atoms with Crippen LogP contribution in [-0.2, 0) is 4.79 Å². The number of hydrogen-bond donors (Lipinski definition) is 0. The zero-order chi connectivity index (χ0) is 20.2. The minimum absolute atomic E-state index is 0.0258. The average Bonchev–Trinajstić information content (AvgIpc) is 3.22. The number of amides is 1. The van der Waals surface area contributed by atoms with Gasteiger partial charge in [-0.3, -0.25) is 4.79 Å². The third-order valence-electron chi connectivity index (χ3n) is 4.34. The predicted molar refractivity (Wildman–Crippen MR) is 109 cm³/mol. The van der Waals surface area contributed by atoms with Crippen LogP contribution in [0, 0.1) is 0 Å². The molecule has 1 amide bonds. The molecule has 0 fully saturated rings. The highest BCUT2D eigenvalue weighted by molar-refractivity contribution is 7.99. The van der Waals surface area contributed by atoms with Crippen LogP contribution in [0.4, 0.5) is 5.69 Å². The van der Waals surface area contributed by atoms with Gasteiger partial charge in [-0.1, -0.05) is 42.1 Å². The summed E-state index contributed by atoms with van der Waals surface area (Å²) in [6, 6.07) is 17.1. The molecular weight excluding hydrogens is 390 g/mol. The second-order valence-corrected chi connectivity index (χ2v) is 7.68. The van der Waals surface area contributed by atoms with E-state index in [1.807, 2.05) is 68.4 Å². The van der Waals surface area contributed by atoms with Crippen LogP contribution >= 0.6 is 11.8 Å². The number of thioether (sulfide) groups is 1.